The van der Waals surface area contributed by atoms with E-state index in [9.17, 15) is 4.79 Å². The summed E-state index contributed by atoms with van der Waals surface area (Å²) in [5.41, 5.74) is 2.48. The summed E-state index contributed by atoms with van der Waals surface area (Å²) in [6.45, 7) is 15.7. The van der Waals surface area contributed by atoms with E-state index in [1.54, 1.807) is 6.20 Å². The number of carbonyl (C=O) groups is 1. The fourth-order valence-electron chi connectivity index (χ4n) is 3.71. The normalized spacial score (nSPS) is 14.8. The molecule has 1 aromatic carbocycles. The summed E-state index contributed by atoms with van der Waals surface area (Å²) in [6.07, 6.45) is 1.60. The summed E-state index contributed by atoms with van der Waals surface area (Å²) in [5.74, 6) is 0.532. The van der Waals surface area contributed by atoms with Crippen molar-refractivity contribution in [3.63, 3.8) is 0 Å². The Hall–Kier alpha value is -3.18. The lowest BCUT2D eigenvalue weighted by Gasteiger charge is -2.38. The number of hydrogen-bond donors (Lipinski definition) is 2. The van der Waals surface area contributed by atoms with Gasteiger partial charge in [0.15, 0.2) is 0 Å². The minimum Gasteiger partial charge on any atom is -0.369 e. The molecular weight excluding hydrogens is 414 g/mol. The van der Waals surface area contributed by atoms with Gasteiger partial charge in [-0.3, -0.25) is 9.69 Å². The largest absolute Gasteiger partial charge is 0.369 e. The Morgan fingerprint density at radius 3 is 2.58 bits per heavy atom. The van der Waals surface area contributed by atoms with E-state index >= 15 is 0 Å². The van der Waals surface area contributed by atoms with E-state index in [2.05, 4.69) is 71.1 Å². The topological polar surface area (TPSA) is 97.2 Å². The van der Waals surface area contributed by atoms with Crippen LogP contribution in [-0.4, -0.2) is 59.5 Å². The Kier molecular flexibility index (Phi) is 7.88. The van der Waals surface area contributed by atoms with E-state index in [0.717, 1.165) is 37.4 Å². The number of nitriles is 1. The predicted molar refractivity (Wildman–Crippen MR) is 131 cm³/mol. The van der Waals surface area contributed by atoms with Gasteiger partial charge < -0.3 is 15.5 Å². The summed E-state index contributed by atoms with van der Waals surface area (Å²) in [4.78, 5) is 26.1. The van der Waals surface area contributed by atoms with E-state index in [0.29, 0.717) is 24.0 Å². The van der Waals surface area contributed by atoms with E-state index in [-0.39, 0.29) is 23.7 Å². The maximum absolute atomic E-state index is 12.9. The highest BCUT2D eigenvalue weighted by atomic mass is 16.1. The lowest BCUT2D eigenvalue weighted by molar-refractivity contribution is 0.0951. The standard InChI is InChI=1S/C25H35N7O/c1-18(2)31-9-11-32(12-10-31)21-8-6-7-19(13-21)24(33)28-16-20-15-27-22(14-26)30-23(20)29-17-25(3,4)5/h6-8,13,15,18H,9-12,16-17H2,1-5H3,(H,28,33)(H,27,29,30). The molecule has 8 nitrogen and oxygen atoms in total. The third-order valence-electron chi connectivity index (χ3n) is 5.71. The Labute approximate surface area is 197 Å². The zero-order chi connectivity index (χ0) is 24.0. The van der Waals surface area contributed by atoms with Crippen molar-refractivity contribution >= 4 is 17.4 Å². The molecule has 1 aliphatic rings. The van der Waals surface area contributed by atoms with Crippen LogP contribution in [0.25, 0.3) is 0 Å². The number of aromatic nitrogens is 2. The average molecular weight is 450 g/mol. The SMILES string of the molecule is CC(C)N1CCN(c2cccc(C(=O)NCc3cnc(C#N)nc3NCC(C)(C)C)c2)CC1. The molecular formula is C25H35N7O. The molecule has 0 aliphatic carbocycles. The summed E-state index contributed by atoms with van der Waals surface area (Å²) in [5, 5.41) is 15.4. The van der Waals surface area contributed by atoms with Crippen LogP contribution < -0.4 is 15.5 Å². The Bertz CT molecular complexity index is 999. The van der Waals surface area contributed by atoms with Crippen LogP contribution in [0.15, 0.2) is 30.5 Å². The fourth-order valence-corrected chi connectivity index (χ4v) is 3.71. The number of carbonyl (C=O) groups excluding carboxylic acids is 1. The molecule has 3 rings (SSSR count). The molecule has 8 heteroatoms. The minimum absolute atomic E-state index is 0.0410. The van der Waals surface area contributed by atoms with Gasteiger partial charge in [-0.05, 0) is 37.5 Å². The van der Waals surface area contributed by atoms with Crippen LogP contribution in [0.3, 0.4) is 0 Å². The van der Waals surface area contributed by atoms with E-state index in [1.807, 2.05) is 24.3 Å². The zero-order valence-corrected chi connectivity index (χ0v) is 20.4. The van der Waals surface area contributed by atoms with Crippen molar-refractivity contribution < 1.29 is 4.79 Å². The van der Waals surface area contributed by atoms with Crippen LogP contribution in [0.5, 0.6) is 0 Å². The predicted octanol–water partition coefficient (Wildman–Crippen LogP) is 3.27. The molecule has 0 radical (unpaired) electrons. The third kappa shape index (κ3) is 6.90. The van der Waals surface area contributed by atoms with Gasteiger partial charge in [-0.15, -0.1) is 0 Å². The molecule has 176 valence electrons. The first-order valence-electron chi connectivity index (χ1n) is 11.5. The van der Waals surface area contributed by atoms with Gasteiger partial charge in [-0.25, -0.2) is 9.97 Å². The molecule has 1 saturated heterocycles. The smallest absolute Gasteiger partial charge is 0.251 e. The van der Waals surface area contributed by atoms with E-state index in [1.165, 1.54) is 0 Å². The van der Waals surface area contributed by atoms with Crippen molar-refractivity contribution in [1.29, 1.82) is 5.26 Å². The number of anilines is 2. The molecule has 1 aromatic heterocycles. The first-order chi connectivity index (χ1) is 15.7. The molecule has 1 amide bonds. The molecule has 1 fully saturated rings. The van der Waals surface area contributed by atoms with E-state index < -0.39 is 0 Å². The second-order valence-electron chi connectivity index (χ2n) is 9.94. The molecule has 33 heavy (non-hydrogen) atoms. The molecule has 1 aliphatic heterocycles. The number of rotatable bonds is 7. The number of benzene rings is 1. The summed E-state index contributed by atoms with van der Waals surface area (Å²) in [7, 11) is 0. The van der Waals surface area contributed by atoms with Crippen molar-refractivity contribution in [2.45, 2.75) is 47.2 Å². The molecule has 2 N–H and O–H groups in total. The average Bonchev–Trinajstić information content (AvgIpc) is 2.81. The Balaban J connectivity index is 1.65. The first-order valence-corrected chi connectivity index (χ1v) is 11.5. The van der Waals surface area contributed by atoms with Crippen LogP contribution >= 0.6 is 0 Å². The molecule has 2 aromatic rings. The molecule has 0 atom stereocenters. The summed E-state index contributed by atoms with van der Waals surface area (Å²) < 4.78 is 0. The lowest BCUT2D eigenvalue weighted by Crippen LogP contribution is -2.48. The molecule has 0 unspecified atom stereocenters. The van der Waals surface area contributed by atoms with Gasteiger partial charge in [0.25, 0.3) is 5.91 Å². The fraction of sp³-hybridized carbons (Fsp3) is 0.520. The van der Waals surface area contributed by atoms with Crippen molar-refractivity contribution in [2.24, 2.45) is 5.41 Å². The molecule has 0 spiro atoms. The second-order valence-corrected chi connectivity index (χ2v) is 9.94. The maximum atomic E-state index is 12.9. The minimum atomic E-state index is -0.149. The van der Waals surface area contributed by atoms with Gasteiger partial charge in [0.1, 0.15) is 11.9 Å². The lowest BCUT2D eigenvalue weighted by atomic mass is 9.97. The quantitative estimate of drug-likeness (QED) is 0.669. The van der Waals surface area contributed by atoms with Crippen LogP contribution in [0, 0.1) is 16.7 Å². The van der Waals surface area contributed by atoms with Gasteiger partial charge in [-0.2, -0.15) is 5.26 Å². The highest BCUT2D eigenvalue weighted by molar-refractivity contribution is 5.95. The number of amides is 1. The molecule has 0 bridgehead atoms. The van der Waals surface area contributed by atoms with Gasteiger partial charge in [0.05, 0.1) is 0 Å². The number of piperazine rings is 1. The van der Waals surface area contributed by atoms with E-state index in [4.69, 9.17) is 5.26 Å². The number of hydrogen-bond acceptors (Lipinski definition) is 7. The van der Waals surface area contributed by atoms with Crippen molar-refractivity contribution in [2.75, 3.05) is 42.9 Å². The highest BCUT2D eigenvalue weighted by Crippen LogP contribution is 2.20. The Morgan fingerprint density at radius 1 is 1.21 bits per heavy atom. The third-order valence-corrected chi connectivity index (χ3v) is 5.71. The van der Waals surface area contributed by atoms with Gasteiger partial charge in [0.2, 0.25) is 5.82 Å². The van der Waals surface area contributed by atoms with Gasteiger partial charge >= 0.3 is 0 Å². The van der Waals surface area contributed by atoms with Gasteiger partial charge in [-0.1, -0.05) is 26.8 Å². The van der Waals surface area contributed by atoms with Crippen molar-refractivity contribution in [3.05, 3.63) is 47.4 Å². The highest BCUT2D eigenvalue weighted by Gasteiger charge is 2.20. The number of nitrogens with zero attached hydrogens (tertiary/aromatic N) is 5. The molecule has 0 saturated carbocycles. The maximum Gasteiger partial charge on any atom is 0.251 e. The zero-order valence-electron chi connectivity index (χ0n) is 20.4. The number of nitrogens with one attached hydrogen (secondary N) is 2. The summed E-state index contributed by atoms with van der Waals surface area (Å²) in [6, 6.07) is 10.3. The van der Waals surface area contributed by atoms with Crippen LogP contribution in [-0.2, 0) is 6.54 Å². The van der Waals surface area contributed by atoms with Crippen molar-refractivity contribution in [1.82, 2.24) is 20.2 Å². The second kappa shape index (κ2) is 10.6. The monoisotopic (exact) mass is 449 g/mol. The Morgan fingerprint density at radius 2 is 1.94 bits per heavy atom. The van der Waals surface area contributed by atoms with Crippen molar-refractivity contribution in [3.8, 4) is 6.07 Å². The first kappa shape index (κ1) is 24.5. The van der Waals surface area contributed by atoms with Crippen LogP contribution in [0.1, 0.15) is 56.4 Å². The van der Waals surface area contributed by atoms with Crippen LogP contribution in [0.4, 0.5) is 11.5 Å². The van der Waals surface area contributed by atoms with Gasteiger partial charge in [0, 0.05) is 68.3 Å². The van der Waals surface area contributed by atoms with Crippen LogP contribution in [0.2, 0.25) is 0 Å². The summed E-state index contributed by atoms with van der Waals surface area (Å²) >= 11 is 0. The molecule has 2 heterocycles.